The molecule has 2 N–H and O–H groups in total. The maximum atomic E-state index is 12.6. The number of aliphatic hydroxyl groups is 2. The fourth-order valence-electron chi connectivity index (χ4n) is 5.86. The van der Waals surface area contributed by atoms with Crippen LogP contribution in [0.15, 0.2) is 12.1 Å². The summed E-state index contributed by atoms with van der Waals surface area (Å²) in [6.07, 6.45) is 1.42. The molecule has 3 aliphatic carbocycles. The number of hydrogen-bond donors (Lipinski definition) is 2. The van der Waals surface area contributed by atoms with Crippen molar-refractivity contribution in [3.8, 4) is 11.5 Å². The minimum atomic E-state index is -1.28. The molecule has 0 amide bonds. The largest absolute Gasteiger partial charge is 0.493 e. The highest BCUT2D eigenvalue weighted by molar-refractivity contribution is 5.90. The van der Waals surface area contributed by atoms with E-state index in [0.717, 1.165) is 24.0 Å². The van der Waals surface area contributed by atoms with E-state index in [1.165, 1.54) is 0 Å². The molecule has 2 unspecified atom stereocenters. The first-order valence-electron chi connectivity index (χ1n) is 8.34. The van der Waals surface area contributed by atoms with Gasteiger partial charge < -0.3 is 19.7 Å². The van der Waals surface area contributed by atoms with Gasteiger partial charge in [-0.25, -0.2) is 0 Å². The van der Waals surface area contributed by atoms with E-state index < -0.39 is 23.2 Å². The Morgan fingerprint density at radius 3 is 2.96 bits per heavy atom. The van der Waals surface area contributed by atoms with Crippen molar-refractivity contribution in [3.05, 3.63) is 23.3 Å². The minimum absolute atomic E-state index is 0.0303. The van der Waals surface area contributed by atoms with Crippen molar-refractivity contribution < 1.29 is 24.5 Å². The number of methoxy groups -OCH3 is 1. The van der Waals surface area contributed by atoms with Crippen molar-refractivity contribution >= 4 is 5.78 Å². The number of carbonyl (C=O) groups excluding carboxylic acids is 1. The second-order valence-corrected chi connectivity index (χ2v) is 7.41. The van der Waals surface area contributed by atoms with Gasteiger partial charge in [-0.2, -0.15) is 0 Å². The van der Waals surface area contributed by atoms with Crippen molar-refractivity contribution in [1.82, 2.24) is 0 Å². The van der Waals surface area contributed by atoms with Crippen molar-refractivity contribution in [1.29, 1.82) is 0 Å². The van der Waals surface area contributed by atoms with Gasteiger partial charge in [-0.15, -0.1) is 0 Å². The van der Waals surface area contributed by atoms with Crippen LogP contribution in [-0.2, 0) is 16.6 Å². The summed E-state index contributed by atoms with van der Waals surface area (Å²) in [6.45, 7) is 0. The van der Waals surface area contributed by atoms with E-state index in [1.54, 1.807) is 7.11 Å². The number of Topliss-reactive ketones (excluding diaryl/α,β-unsaturated/α-hetero) is 1. The van der Waals surface area contributed by atoms with Gasteiger partial charge in [0.25, 0.3) is 0 Å². The molecule has 0 radical (unpaired) electrons. The SMILES string of the molecule is COc1ccc2c3c1OC1C(=O)CC(O)[C@@]4(O)[C@H](CCC[C@]314)C2. The Bertz CT molecular complexity index is 728. The zero-order valence-corrected chi connectivity index (χ0v) is 13.0. The van der Waals surface area contributed by atoms with Gasteiger partial charge in [0.1, 0.15) is 5.60 Å². The van der Waals surface area contributed by atoms with E-state index >= 15 is 0 Å². The van der Waals surface area contributed by atoms with Gasteiger partial charge in [0.05, 0.1) is 18.6 Å². The average Bonchev–Trinajstić information content (AvgIpc) is 2.86. The second kappa shape index (κ2) is 4.08. The summed E-state index contributed by atoms with van der Waals surface area (Å²) in [6, 6.07) is 3.90. The van der Waals surface area contributed by atoms with E-state index in [0.29, 0.717) is 24.3 Å². The van der Waals surface area contributed by atoms with Gasteiger partial charge in [0.15, 0.2) is 23.4 Å². The first-order valence-corrected chi connectivity index (χ1v) is 8.34. The maximum Gasteiger partial charge on any atom is 0.177 e. The summed E-state index contributed by atoms with van der Waals surface area (Å²) >= 11 is 0. The summed E-state index contributed by atoms with van der Waals surface area (Å²) in [5.41, 5.74) is -0.0664. The van der Waals surface area contributed by atoms with E-state index in [-0.39, 0.29) is 18.1 Å². The van der Waals surface area contributed by atoms with E-state index in [2.05, 4.69) is 0 Å². The predicted octanol–water partition coefficient (Wildman–Crippen LogP) is 1.11. The zero-order valence-electron chi connectivity index (χ0n) is 13.0. The number of ether oxygens (including phenoxy) is 2. The predicted molar refractivity (Wildman–Crippen MR) is 80.7 cm³/mol. The maximum absolute atomic E-state index is 12.6. The molecule has 23 heavy (non-hydrogen) atoms. The first-order chi connectivity index (χ1) is 11.0. The third-order valence-corrected chi connectivity index (χ3v) is 6.68. The van der Waals surface area contributed by atoms with Crippen LogP contribution in [0.5, 0.6) is 11.5 Å². The third kappa shape index (κ3) is 1.28. The topological polar surface area (TPSA) is 76.0 Å². The van der Waals surface area contributed by atoms with Crippen LogP contribution in [0.1, 0.15) is 36.8 Å². The van der Waals surface area contributed by atoms with Crippen LogP contribution < -0.4 is 9.47 Å². The second-order valence-electron chi connectivity index (χ2n) is 7.41. The molecule has 5 atom stereocenters. The van der Waals surface area contributed by atoms with Crippen LogP contribution in [-0.4, -0.2) is 40.9 Å². The Balaban J connectivity index is 1.88. The molecule has 2 bridgehead atoms. The lowest BCUT2D eigenvalue weighted by molar-refractivity contribution is -0.219. The normalized spacial score (nSPS) is 42.9. The highest BCUT2D eigenvalue weighted by Gasteiger charge is 2.74. The molecular formula is C18H20O5. The molecule has 1 aromatic rings. The lowest BCUT2D eigenvalue weighted by Crippen LogP contribution is -2.75. The zero-order chi connectivity index (χ0) is 16.0. The molecule has 5 heteroatoms. The third-order valence-electron chi connectivity index (χ3n) is 6.68. The van der Waals surface area contributed by atoms with Gasteiger partial charge in [0, 0.05) is 12.0 Å². The van der Waals surface area contributed by atoms with Crippen LogP contribution in [0.2, 0.25) is 0 Å². The molecule has 5 nitrogen and oxygen atoms in total. The Morgan fingerprint density at radius 1 is 1.35 bits per heavy atom. The molecule has 1 spiro atoms. The summed E-state index contributed by atoms with van der Waals surface area (Å²) in [5, 5.41) is 22.3. The molecule has 1 heterocycles. The Kier molecular flexibility index (Phi) is 2.45. The molecule has 1 aliphatic heterocycles. The average molecular weight is 316 g/mol. The van der Waals surface area contributed by atoms with Gasteiger partial charge in [0.2, 0.25) is 0 Å². The van der Waals surface area contributed by atoms with Crippen LogP contribution in [0.4, 0.5) is 0 Å². The Hall–Kier alpha value is -1.59. The van der Waals surface area contributed by atoms with E-state index in [9.17, 15) is 15.0 Å². The number of benzene rings is 1. The van der Waals surface area contributed by atoms with Crippen LogP contribution >= 0.6 is 0 Å². The van der Waals surface area contributed by atoms with Crippen molar-refractivity contribution in [3.63, 3.8) is 0 Å². The Morgan fingerprint density at radius 2 is 2.17 bits per heavy atom. The molecule has 2 saturated carbocycles. The van der Waals surface area contributed by atoms with Crippen molar-refractivity contribution in [2.75, 3.05) is 7.11 Å². The highest BCUT2D eigenvalue weighted by Crippen LogP contribution is 2.66. The number of aliphatic hydroxyl groups excluding tert-OH is 1. The number of hydrogen-bond acceptors (Lipinski definition) is 5. The van der Waals surface area contributed by atoms with E-state index in [4.69, 9.17) is 9.47 Å². The quantitative estimate of drug-likeness (QED) is 0.812. The summed E-state index contributed by atoms with van der Waals surface area (Å²) in [5.74, 6) is 1.05. The number of ketones is 1. The number of rotatable bonds is 1. The minimum Gasteiger partial charge on any atom is -0.493 e. The monoisotopic (exact) mass is 316 g/mol. The molecule has 1 aromatic carbocycles. The van der Waals surface area contributed by atoms with Crippen molar-refractivity contribution in [2.24, 2.45) is 5.92 Å². The molecule has 4 aliphatic rings. The Labute approximate surface area is 134 Å². The number of carbonyl (C=O) groups is 1. The van der Waals surface area contributed by atoms with Crippen LogP contribution in [0.25, 0.3) is 0 Å². The lowest BCUT2D eigenvalue weighted by atomic mass is 9.45. The van der Waals surface area contributed by atoms with Gasteiger partial charge in [-0.3, -0.25) is 4.79 Å². The van der Waals surface area contributed by atoms with Crippen LogP contribution in [0, 0.1) is 5.92 Å². The fourth-order valence-corrected chi connectivity index (χ4v) is 5.86. The van der Waals surface area contributed by atoms with Crippen molar-refractivity contribution in [2.45, 2.75) is 55.3 Å². The van der Waals surface area contributed by atoms with Crippen LogP contribution in [0.3, 0.4) is 0 Å². The van der Waals surface area contributed by atoms with Gasteiger partial charge in [-0.1, -0.05) is 12.5 Å². The summed E-state index contributed by atoms with van der Waals surface area (Å²) < 4.78 is 11.5. The molecule has 122 valence electrons. The fraction of sp³-hybridized carbons (Fsp3) is 0.611. The standard InChI is InChI=1S/C18H20O5/c1-22-12-5-4-9-7-10-3-2-6-17-14(9)15(12)23-16(17)11(19)8-13(20)18(10,17)21/h4-5,10,13,16,20-21H,2-3,6-8H2,1H3/t10-,13?,16?,17+,18+/m1/s1. The molecular weight excluding hydrogens is 296 g/mol. The summed E-state index contributed by atoms with van der Waals surface area (Å²) in [4.78, 5) is 12.6. The lowest BCUT2D eigenvalue weighted by Gasteiger charge is -2.61. The molecule has 5 rings (SSSR count). The van der Waals surface area contributed by atoms with Gasteiger partial charge >= 0.3 is 0 Å². The first kappa shape index (κ1) is 13.8. The van der Waals surface area contributed by atoms with Gasteiger partial charge in [-0.05, 0) is 36.8 Å². The molecule has 2 fully saturated rings. The molecule has 0 saturated heterocycles. The smallest absolute Gasteiger partial charge is 0.177 e. The molecule has 0 aromatic heterocycles. The van der Waals surface area contributed by atoms with E-state index in [1.807, 2.05) is 12.1 Å². The summed E-state index contributed by atoms with van der Waals surface area (Å²) in [7, 11) is 1.58. The highest BCUT2D eigenvalue weighted by atomic mass is 16.5.